The number of pyridine rings is 1. The summed E-state index contributed by atoms with van der Waals surface area (Å²) in [6.07, 6.45) is 5.38. The third-order valence-electron chi connectivity index (χ3n) is 3.55. The van der Waals surface area contributed by atoms with Crippen molar-refractivity contribution in [3.8, 4) is 0 Å². The second kappa shape index (κ2) is 6.84. The molecule has 0 aromatic carbocycles. The van der Waals surface area contributed by atoms with E-state index in [2.05, 4.69) is 4.98 Å². The first-order chi connectivity index (χ1) is 11.6. The number of carbonyl (C=O) groups is 2. The van der Waals surface area contributed by atoms with Crippen LogP contribution in [0.1, 0.15) is 49.0 Å². The first kappa shape index (κ1) is 18.3. The highest BCUT2D eigenvalue weighted by molar-refractivity contribution is 5.91. The topological polar surface area (TPSA) is 120 Å². The Morgan fingerprint density at radius 1 is 1.40 bits per heavy atom. The minimum absolute atomic E-state index is 0.00904. The summed E-state index contributed by atoms with van der Waals surface area (Å²) in [7, 11) is 0. The second-order valence-corrected chi connectivity index (χ2v) is 6.56. The van der Waals surface area contributed by atoms with Crippen molar-refractivity contribution in [2.24, 2.45) is 0 Å². The summed E-state index contributed by atoms with van der Waals surface area (Å²) in [6.45, 7) is 5.00. The van der Waals surface area contributed by atoms with E-state index in [9.17, 15) is 24.8 Å². The molecule has 8 heteroatoms. The zero-order valence-corrected chi connectivity index (χ0v) is 14.1. The number of hydrogen-bond donors (Lipinski definition) is 1. The van der Waals surface area contributed by atoms with E-state index in [0.717, 1.165) is 0 Å². The quantitative estimate of drug-likeness (QED) is 0.505. The Morgan fingerprint density at radius 3 is 2.64 bits per heavy atom. The van der Waals surface area contributed by atoms with Gasteiger partial charge in [0, 0.05) is 24.4 Å². The fraction of sp³-hybridized carbons (Fsp3) is 0.353. The maximum absolute atomic E-state index is 12.4. The van der Waals surface area contributed by atoms with Gasteiger partial charge in [-0.05, 0) is 38.8 Å². The highest BCUT2D eigenvalue weighted by Crippen LogP contribution is 2.34. The first-order valence-electron chi connectivity index (χ1n) is 7.56. The largest absolute Gasteiger partial charge is 0.478 e. The molecule has 0 bridgehead atoms. The number of hydrogen-bond acceptors (Lipinski definition) is 6. The van der Waals surface area contributed by atoms with Gasteiger partial charge in [-0.25, -0.2) is 9.59 Å². The summed E-state index contributed by atoms with van der Waals surface area (Å²) in [6, 6.07) is 1.53. The lowest BCUT2D eigenvalue weighted by atomic mass is 9.85. The summed E-state index contributed by atoms with van der Waals surface area (Å²) in [5.74, 6) is -2.43. The van der Waals surface area contributed by atoms with Crippen molar-refractivity contribution in [1.29, 1.82) is 0 Å². The smallest absolute Gasteiger partial charge is 0.341 e. The van der Waals surface area contributed by atoms with Crippen LogP contribution in [0, 0.1) is 10.1 Å². The number of aromatic carboxylic acids is 1. The van der Waals surface area contributed by atoms with Crippen molar-refractivity contribution in [3.63, 3.8) is 0 Å². The molecule has 0 saturated heterocycles. The molecule has 25 heavy (non-hydrogen) atoms. The Labute approximate surface area is 144 Å². The van der Waals surface area contributed by atoms with Crippen molar-refractivity contribution in [2.75, 3.05) is 0 Å². The summed E-state index contributed by atoms with van der Waals surface area (Å²) in [4.78, 5) is 38.1. The first-order valence-corrected chi connectivity index (χ1v) is 7.56. The Balaban J connectivity index is 2.41. The van der Waals surface area contributed by atoms with E-state index in [1.807, 2.05) is 0 Å². The molecule has 0 radical (unpaired) electrons. The molecular weight excluding hydrogens is 328 g/mol. The third-order valence-corrected chi connectivity index (χ3v) is 3.55. The van der Waals surface area contributed by atoms with E-state index < -0.39 is 28.4 Å². The number of aromatic nitrogens is 1. The van der Waals surface area contributed by atoms with Gasteiger partial charge in [0.2, 0.25) is 0 Å². The van der Waals surface area contributed by atoms with Crippen LogP contribution in [0.3, 0.4) is 0 Å². The van der Waals surface area contributed by atoms with Gasteiger partial charge in [-0.3, -0.25) is 15.1 Å². The monoisotopic (exact) mass is 346 g/mol. The third kappa shape index (κ3) is 4.28. The number of allylic oxidation sites excluding steroid dienone is 2. The number of rotatable bonds is 4. The molecule has 1 aromatic rings. The Morgan fingerprint density at radius 2 is 2.08 bits per heavy atom. The van der Waals surface area contributed by atoms with E-state index in [1.165, 1.54) is 30.6 Å². The van der Waals surface area contributed by atoms with Crippen molar-refractivity contribution < 1.29 is 24.4 Å². The summed E-state index contributed by atoms with van der Waals surface area (Å²) < 4.78 is 5.26. The molecule has 0 amide bonds. The fourth-order valence-electron chi connectivity index (χ4n) is 2.52. The van der Waals surface area contributed by atoms with Crippen molar-refractivity contribution in [3.05, 3.63) is 63.1 Å². The summed E-state index contributed by atoms with van der Waals surface area (Å²) in [5, 5.41) is 20.5. The maximum atomic E-state index is 12.4. The van der Waals surface area contributed by atoms with E-state index in [1.54, 1.807) is 20.8 Å². The van der Waals surface area contributed by atoms with Crippen LogP contribution in [0.25, 0.3) is 0 Å². The Hall–Kier alpha value is -3.03. The number of carboxylic acids is 1. The minimum Gasteiger partial charge on any atom is -0.478 e. The van der Waals surface area contributed by atoms with Gasteiger partial charge in [-0.15, -0.1) is 0 Å². The molecule has 0 aliphatic heterocycles. The van der Waals surface area contributed by atoms with Gasteiger partial charge in [-0.2, -0.15) is 0 Å². The molecule has 8 nitrogen and oxygen atoms in total. The van der Waals surface area contributed by atoms with Crippen LogP contribution in [0.2, 0.25) is 0 Å². The van der Waals surface area contributed by atoms with Gasteiger partial charge in [0.1, 0.15) is 11.2 Å². The summed E-state index contributed by atoms with van der Waals surface area (Å²) >= 11 is 0. The van der Waals surface area contributed by atoms with Gasteiger partial charge in [0.05, 0.1) is 10.5 Å². The van der Waals surface area contributed by atoms with E-state index in [0.29, 0.717) is 5.56 Å². The fourth-order valence-corrected chi connectivity index (χ4v) is 2.52. The molecule has 1 aliphatic carbocycles. The van der Waals surface area contributed by atoms with E-state index in [4.69, 9.17) is 4.74 Å². The van der Waals surface area contributed by atoms with Crippen LogP contribution < -0.4 is 0 Å². The molecule has 0 fully saturated rings. The van der Waals surface area contributed by atoms with Gasteiger partial charge in [0.15, 0.2) is 0 Å². The number of carbonyl (C=O) groups excluding carboxylic acids is 1. The number of carboxylic acid groups (broad SMARTS) is 1. The Bertz CT molecular complexity index is 789. The zero-order chi connectivity index (χ0) is 18.8. The normalized spacial score (nSPS) is 17.3. The highest BCUT2D eigenvalue weighted by Gasteiger charge is 2.33. The van der Waals surface area contributed by atoms with Gasteiger partial charge >= 0.3 is 11.9 Å². The predicted molar refractivity (Wildman–Crippen MR) is 87.6 cm³/mol. The number of nitrogens with zero attached hydrogens (tertiary/aromatic N) is 2. The van der Waals surface area contributed by atoms with Crippen molar-refractivity contribution in [1.82, 2.24) is 4.98 Å². The average Bonchev–Trinajstić information content (AvgIpc) is 2.52. The average molecular weight is 346 g/mol. The zero-order valence-electron chi connectivity index (χ0n) is 14.1. The number of ether oxygens (including phenoxy) is 1. The lowest BCUT2D eigenvalue weighted by Crippen LogP contribution is -2.27. The highest BCUT2D eigenvalue weighted by atomic mass is 16.6. The molecule has 1 aromatic heterocycles. The van der Waals surface area contributed by atoms with Crippen LogP contribution in [0.15, 0.2) is 41.9 Å². The van der Waals surface area contributed by atoms with Crippen LogP contribution in [-0.4, -0.2) is 32.6 Å². The Kier molecular flexibility index (Phi) is 5.01. The lowest BCUT2D eigenvalue weighted by molar-refractivity contribution is -0.420. The maximum Gasteiger partial charge on any atom is 0.341 e. The molecule has 1 N–H and O–H groups in total. The minimum atomic E-state index is -1.15. The SMILES string of the molecule is CC(C)(C)OC(=O)C1=C([N+](=O)[O-])C=CC(c2ccncc2C(=O)O)C1. The van der Waals surface area contributed by atoms with Crippen molar-refractivity contribution >= 4 is 11.9 Å². The van der Waals surface area contributed by atoms with Crippen LogP contribution in [0.5, 0.6) is 0 Å². The van der Waals surface area contributed by atoms with Gasteiger partial charge in [0.25, 0.3) is 5.70 Å². The molecule has 0 spiro atoms. The van der Waals surface area contributed by atoms with E-state index >= 15 is 0 Å². The molecule has 132 valence electrons. The summed E-state index contributed by atoms with van der Waals surface area (Å²) in [5.41, 5.74) is -0.796. The molecular formula is C17H18N2O6. The predicted octanol–water partition coefficient (Wildman–Crippen LogP) is 2.70. The van der Waals surface area contributed by atoms with Gasteiger partial charge < -0.3 is 9.84 Å². The molecule has 1 unspecified atom stereocenters. The number of esters is 1. The van der Waals surface area contributed by atoms with Crippen molar-refractivity contribution in [2.45, 2.75) is 38.7 Å². The van der Waals surface area contributed by atoms with Crippen LogP contribution in [0.4, 0.5) is 0 Å². The standard InChI is InChI=1S/C17H18N2O6/c1-17(2,3)25-16(22)12-8-10(4-5-14(12)19(23)24)11-6-7-18-9-13(11)15(20)21/h4-7,9-10H,8H2,1-3H3,(H,20,21). The second-order valence-electron chi connectivity index (χ2n) is 6.56. The van der Waals surface area contributed by atoms with Gasteiger partial charge in [-0.1, -0.05) is 6.08 Å². The molecule has 2 rings (SSSR count). The molecule has 1 heterocycles. The number of nitro groups is 1. The lowest BCUT2D eigenvalue weighted by Gasteiger charge is -2.23. The van der Waals surface area contributed by atoms with Crippen LogP contribution >= 0.6 is 0 Å². The molecule has 1 atom stereocenters. The molecule has 0 saturated carbocycles. The molecule has 1 aliphatic rings. The van der Waals surface area contributed by atoms with E-state index in [-0.39, 0.29) is 23.3 Å². The van der Waals surface area contributed by atoms with Crippen LogP contribution in [-0.2, 0) is 9.53 Å².